The minimum Gasteiger partial charge on any atom is -0.493 e. The Morgan fingerprint density at radius 3 is 2.38 bits per heavy atom. The highest BCUT2D eigenvalue weighted by atomic mass is 16.5. The molecule has 1 aromatic rings. The summed E-state index contributed by atoms with van der Waals surface area (Å²) in [5, 5.41) is 3.45. The molecular formula is C13H19NO2. The molecule has 1 unspecified atom stereocenters. The predicted molar refractivity (Wildman–Crippen MR) is 64.1 cm³/mol. The summed E-state index contributed by atoms with van der Waals surface area (Å²) in [6, 6.07) is 4.19. The third-order valence-electron chi connectivity index (χ3n) is 3.08. The van der Waals surface area contributed by atoms with Gasteiger partial charge in [-0.25, -0.2) is 0 Å². The molecule has 1 atom stereocenters. The van der Waals surface area contributed by atoms with Crippen molar-refractivity contribution in [1.29, 1.82) is 0 Å². The van der Waals surface area contributed by atoms with Crippen molar-refractivity contribution >= 4 is 0 Å². The van der Waals surface area contributed by atoms with Gasteiger partial charge in [-0.3, -0.25) is 0 Å². The zero-order valence-corrected chi connectivity index (χ0v) is 10.2. The highest BCUT2D eigenvalue weighted by Crippen LogP contribution is 2.32. The van der Waals surface area contributed by atoms with Crippen LogP contribution in [0.1, 0.15) is 18.1 Å². The number of methoxy groups -OCH3 is 2. The van der Waals surface area contributed by atoms with E-state index < -0.39 is 0 Å². The molecule has 0 fully saturated rings. The lowest BCUT2D eigenvalue weighted by atomic mass is 9.98. The van der Waals surface area contributed by atoms with Crippen LogP contribution >= 0.6 is 0 Å². The molecule has 16 heavy (non-hydrogen) atoms. The SMILES string of the molecule is COc1cc2c(cc1OC)CC(C)CNC2. The molecule has 1 aliphatic heterocycles. The quantitative estimate of drug-likeness (QED) is 0.828. The summed E-state index contributed by atoms with van der Waals surface area (Å²) in [6.07, 6.45) is 1.10. The van der Waals surface area contributed by atoms with Crippen LogP contribution in [-0.2, 0) is 13.0 Å². The Bertz CT molecular complexity index is 376. The number of nitrogens with one attached hydrogen (secondary N) is 1. The standard InChI is InChI=1S/C13H19NO2/c1-9-4-10-5-12(15-2)13(16-3)6-11(10)8-14-7-9/h5-6,9,14H,4,7-8H2,1-3H3. The molecule has 0 spiro atoms. The largest absolute Gasteiger partial charge is 0.493 e. The monoisotopic (exact) mass is 221 g/mol. The summed E-state index contributed by atoms with van der Waals surface area (Å²) in [5.74, 6) is 2.31. The fourth-order valence-corrected chi connectivity index (χ4v) is 2.22. The van der Waals surface area contributed by atoms with E-state index in [0.29, 0.717) is 5.92 Å². The first-order valence-electron chi connectivity index (χ1n) is 5.69. The Kier molecular flexibility index (Phi) is 3.34. The molecule has 1 heterocycles. The average molecular weight is 221 g/mol. The Labute approximate surface area is 96.8 Å². The van der Waals surface area contributed by atoms with Gasteiger partial charge in [0, 0.05) is 6.54 Å². The van der Waals surface area contributed by atoms with Crippen LogP contribution in [0.2, 0.25) is 0 Å². The predicted octanol–water partition coefficient (Wildman–Crippen LogP) is 1.99. The Morgan fingerprint density at radius 2 is 1.75 bits per heavy atom. The van der Waals surface area contributed by atoms with E-state index >= 15 is 0 Å². The van der Waals surface area contributed by atoms with Gasteiger partial charge in [0.05, 0.1) is 14.2 Å². The van der Waals surface area contributed by atoms with Crippen molar-refractivity contribution < 1.29 is 9.47 Å². The van der Waals surface area contributed by atoms with Crippen LogP contribution in [0.4, 0.5) is 0 Å². The zero-order valence-electron chi connectivity index (χ0n) is 10.2. The number of hydrogen-bond acceptors (Lipinski definition) is 3. The van der Waals surface area contributed by atoms with Crippen LogP contribution in [0.3, 0.4) is 0 Å². The third-order valence-corrected chi connectivity index (χ3v) is 3.08. The minimum atomic E-state index is 0.666. The van der Waals surface area contributed by atoms with Crippen molar-refractivity contribution in [3.8, 4) is 11.5 Å². The average Bonchev–Trinajstić information content (AvgIpc) is 2.47. The topological polar surface area (TPSA) is 30.5 Å². The zero-order chi connectivity index (χ0) is 11.5. The van der Waals surface area contributed by atoms with Crippen LogP contribution in [0.15, 0.2) is 12.1 Å². The number of ether oxygens (including phenoxy) is 2. The second-order valence-corrected chi connectivity index (χ2v) is 4.42. The smallest absolute Gasteiger partial charge is 0.161 e. The van der Waals surface area contributed by atoms with Crippen molar-refractivity contribution in [2.75, 3.05) is 20.8 Å². The second kappa shape index (κ2) is 4.74. The molecule has 2 rings (SSSR count). The van der Waals surface area contributed by atoms with Gasteiger partial charge in [-0.15, -0.1) is 0 Å². The summed E-state index contributed by atoms with van der Waals surface area (Å²) in [6.45, 7) is 4.25. The number of rotatable bonds is 2. The van der Waals surface area contributed by atoms with E-state index in [0.717, 1.165) is 31.0 Å². The molecule has 1 aliphatic rings. The van der Waals surface area contributed by atoms with E-state index in [9.17, 15) is 0 Å². The van der Waals surface area contributed by atoms with E-state index in [1.807, 2.05) is 0 Å². The molecule has 0 radical (unpaired) electrons. The van der Waals surface area contributed by atoms with E-state index in [1.165, 1.54) is 11.1 Å². The maximum atomic E-state index is 5.33. The lowest BCUT2D eigenvalue weighted by Gasteiger charge is -2.13. The highest BCUT2D eigenvalue weighted by Gasteiger charge is 2.16. The normalized spacial score (nSPS) is 19.8. The molecule has 0 aliphatic carbocycles. The van der Waals surface area contributed by atoms with Gasteiger partial charge in [0.1, 0.15) is 0 Å². The van der Waals surface area contributed by atoms with Crippen LogP contribution in [0, 0.1) is 5.92 Å². The molecule has 1 N–H and O–H groups in total. The van der Waals surface area contributed by atoms with Crippen molar-refractivity contribution in [2.45, 2.75) is 19.9 Å². The van der Waals surface area contributed by atoms with Crippen LogP contribution in [-0.4, -0.2) is 20.8 Å². The van der Waals surface area contributed by atoms with Crippen molar-refractivity contribution in [2.24, 2.45) is 5.92 Å². The molecule has 0 aromatic heterocycles. The Morgan fingerprint density at radius 1 is 1.12 bits per heavy atom. The molecular weight excluding hydrogens is 202 g/mol. The highest BCUT2D eigenvalue weighted by molar-refractivity contribution is 5.47. The van der Waals surface area contributed by atoms with Crippen molar-refractivity contribution in [3.63, 3.8) is 0 Å². The van der Waals surface area contributed by atoms with Gasteiger partial charge in [0.15, 0.2) is 11.5 Å². The van der Waals surface area contributed by atoms with Crippen LogP contribution < -0.4 is 14.8 Å². The fourth-order valence-electron chi connectivity index (χ4n) is 2.22. The van der Waals surface area contributed by atoms with E-state index in [2.05, 4.69) is 24.4 Å². The minimum absolute atomic E-state index is 0.666. The lowest BCUT2D eigenvalue weighted by molar-refractivity contribution is 0.354. The summed E-state index contributed by atoms with van der Waals surface area (Å²) in [4.78, 5) is 0. The molecule has 88 valence electrons. The third kappa shape index (κ3) is 2.14. The summed E-state index contributed by atoms with van der Waals surface area (Å²) in [5.41, 5.74) is 2.69. The molecule has 0 amide bonds. The number of benzene rings is 1. The van der Waals surface area contributed by atoms with Gasteiger partial charge in [0.2, 0.25) is 0 Å². The molecule has 1 aromatic carbocycles. The van der Waals surface area contributed by atoms with E-state index in [4.69, 9.17) is 9.47 Å². The first-order valence-corrected chi connectivity index (χ1v) is 5.69. The fraction of sp³-hybridized carbons (Fsp3) is 0.538. The number of fused-ring (bicyclic) bond motifs is 1. The Balaban J connectivity index is 2.41. The molecule has 0 bridgehead atoms. The Hall–Kier alpha value is -1.22. The van der Waals surface area contributed by atoms with Crippen molar-refractivity contribution in [3.05, 3.63) is 23.3 Å². The van der Waals surface area contributed by atoms with E-state index in [1.54, 1.807) is 14.2 Å². The first-order chi connectivity index (χ1) is 7.74. The van der Waals surface area contributed by atoms with Crippen molar-refractivity contribution in [1.82, 2.24) is 5.32 Å². The second-order valence-electron chi connectivity index (χ2n) is 4.42. The van der Waals surface area contributed by atoms with Gasteiger partial charge < -0.3 is 14.8 Å². The maximum absolute atomic E-state index is 5.33. The molecule has 0 saturated heterocycles. The van der Waals surface area contributed by atoms with Gasteiger partial charge >= 0.3 is 0 Å². The molecule has 3 heteroatoms. The summed E-state index contributed by atoms with van der Waals surface area (Å²) >= 11 is 0. The van der Waals surface area contributed by atoms with Gasteiger partial charge in [-0.1, -0.05) is 6.92 Å². The molecule has 3 nitrogen and oxygen atoms in total. The van der Waals surface area contributed by atoms with Crippen LogP contribution in [0.25, 0.3) is 0 Å². The van der Waals surface area contributed by atoms with Gasteiger partial charge in [-0.05, 0) is 42.1 Å². The lowest BCUT2D eigenvalue weighted by Crippen LogP contribution is -2.17. The number of hydrogen-bond donors (Lipinski definition) is 1. The summed E-state index contributed by atoms with van der Waals surface area (Å²) < 4.78 is 10.7. The van der Waals surface area contributed by atoms with E-state index in [-0.39, 0.29) is 0 Å². The maximum Gasteiger partial charge on any atom is 0.161 e. The summed E-state index contributed by atoms with van der Waals surface area (Å²) in [7, 11) is 3.36. The van der Waals surface area contributed by atoms with Crippen LogP contribution in [0.5, 0.6) is 11.5 Å². The van der Waals surface area contributed by atoms with Gasteiger partial charge in [-0.2, -0.15) is 0 Å². The van der Waals surface area contributed by atoms with Gasteiger partial charge in [0.25, 0.3) is 0 Å². The first kappa shape index (κ1) is 11.3. The molecule has 0 saturated carbocycles.